The zero-order valence-electron chi connectivity index (χ0n) is 9.42. The van der Waals surface area contributed by atoms with Crippen LogP contribution in [-0.4, -0.2) is 31.3 Å². The fourth-order valence-electron chi connectivity index (χ4n) is 1.23. The van der Waals surface area contributed by atoms with E-state index >= 15 is 0 Å². The molecule has 0 atom stereocenters. The third-order valence-electron chi connectivity index (χ3n) is 2.34. The van der Waals surface area contributed by atoms with Gasteiger partial charge in [-0.05, 0) is 25.0 Å². The Hall–Kier alpha value is -1.36. The summed E-state index contributed by atoms with van der Waals surface area (Å²) in [7, 11) is 0. The molecule has 1 aliphatic rings. The molecule has 0 spiro atoms. The predicted octanol–water partition coefficient (Wildman–Crippen LogP) is 1.96. The molecule has 0 aromatic rings. The minimum Gasteiger partial charge on any atom is -0.352 e. The molecule has 6 heteroatoms. The van der Waals surface area contributed by atoms with Crippen molar-refractivity contribution < 1.29 is 14.3 Å². The highest BCUT2D eigenvalue weighted by atomic mass is 16.7. The van der Waals surface area contributed by atoms with Gasteiger partial charge in [-0.3, -0.25) is 4.79 Å². The summed E-state index contributed by atoms with van der Waals surface area (Å²) in [5.41, 5.74) is 8.92. The normalized spacial score (nSPS) is 26.0. The molecule has 0 bridgehead atoms. The lowest BCUT2D eigenvalue weighted by atomic mass is 10.2. The molecule has 0 aromatic heterocycles. The van der Waals surface area contributed by atoms with Gasteiger partial charge in [-0.15, -0.1) is 0 Å². The number of carbonyl (C=O) groups excluding carboxylic acids is 1. The first kappa shape index (κ1) is 12.7. The van der Waals surface area contributed by atoms with Gasteiger partial charge in [-0.2, -0.15) is 0 Å². The average molecular weight is 225 g/mol. The molecule has 0 radical (unpaired) electrons. The number of ketones is 1. The lowest BCUT2D eigenvalue weighted by Crippen LogP contribution is -2.34. The Morgan fingerprint density at radius 1 is 1.50 bits per heavy atom. The van der Waals surface area contributed by atoms with Crippen molar-refractivity contribution in [1.82, 2.24) is 0 Å². The summed E-state index contributed by atoms with van der Waals surface area (Å²) in [6.45, 7) is 4.00. The number of hydrogen-bond acceptors (Lipinski definition) is 4. The van der Waals surface area contributed by atoms with E-state index in [9.17, 15) is 4.79 Å². The fraction of sp³-hybridized carbons (Fsp3) is 0.700. The average Bonchev–Trinajstić information content (AvgIpc) is 2.28. The summed E-state index contributed by atoms with van der Waals surface area (Å²) in [5, 5.41) is 3.50. The minimum absolute atomic E-state index is 0.0442. The number of ether oxygens (including phenoxy) is 2. The maximum atomic E-state index is 10.9. The molecule has 0 amide bonds. The molecule has 0 unspecified atom stereocenters. The van der Waals surface area contributed by atoms with E-state index in [1.165, 1.54) is 6.92 Å². The molecular formula is C10H15N3O3. The lowest BCUT2D eigenvalue weighted by Gasteiger charge is -2.26. The summed E-state index contributed by atoms with van der Waals surface area (Å²) in [6.07, 6.45) is 1.98. The van der Waals surface area contributed by atoms with E-state index in [0.717, 1.165) is 0 Å². The van der Waals surface area contributed by atoms with Crippen molar-refractivity contribution in [1.29, 1.82) is 0 Å². The number of nitrogens with zero attached hydrogens (tertiary/aromatic N) is 3. The Labute approximate surface area is 93.9 Å². The van der Waals surface area contributed by atoms with E-state index in [-0.39, 0.29) is 18.1 Å². The fourth-order valence-corrected chi connectivity index (χ4v) is 1.23. The van der Waals surface area contributed by atoms with Crippen LogP contribution >= 0.6 is 0 Å². The Morgan fingerprint density at radius 3 is 2.62 bits per heavy atom. The summed E-state index contributed by atoms with van der Waals surface area (Å²) in [6, 6.07) is -0.251. The van der Waals surface area contributed by atoms with Crippen molar-refractivity contribution in [3.8, 4) is 0 Å². The van der Waals surface area contributed by atoms with Gasteiger partial charge in [0.1, 0.15) is 0 Å². The third-order valence-corrected chi connectivity index (χ3v) is 2.34. The van der Waals surface area contributed by atoms with Gasteiger partial charge < -0.3 is 9.47 Å². The van der Waals surface area contributed by atoms with Crippen molar-refractivity contribution in [2.45, 2.75) is 32.6 Å². The van der Waals surface area contributed by atoms with Gasteiger partial charge in [0, 0.05) is 11.3 Å². The number of rotatable bonds is 4. The van der Waals surface area contributed by atoms with Gasteiger partial charge >= 0.3 is 0 Å². The van der Waals surface area contributed by atoms with Crippen molar-refractivity contribution in [3.05, 3.63) is 22.1 Å². The minimum atomic E-state index is -0.348. The van der Waals surface area contributed by atoms with Gasteiger partial charge in [0.25, 0.3) is 0 Å². The number of allylic oxidation sites excluding steroid dienone is 1. The number of carbonyl (C=O) groups is 1. The quantitative estimate of drug-likeness (QED) is 0.317. The zero-order chi connectivity index (χ0) is 12.0. The van der Waals surface area contributed by atoms with Crippen LogP contribution < -0.4 is 0 Å². The van der Waals surface area contributed by atoms with Crippen LogP contribution in [0.25, 0.3) is 10.4 Å². The number of azide groups is 1. The molecule has 6 nitrogen and oxygen atoms in total. The highest BCUT2D eigenvalue weighted by Crippen LogP contribution is 2.13. The molecule has 1 heterocycles. The SMILES string of the molecule is CC(=O)/C(C)=C/CC1OCC(N=[N+]=[N-])CO1. The second-order valence-corrected chi connectivity index (χ2v) is 3.63. The van der Waals surface area contributed by atoms with E-state index < -0.39 is 0 Å². The Bertz CT molecular complexity index is 326. The molecule has 1 aliphatic heterocycles. The first-order valence-corrected chi connectivity index (χ1v) is 5.08. The standard InChI is InChI=1S/C10H15N3O3/c1-7(8(2)14)3-4-10-15-5-9(6-16-10)12-13-11/h3,9-10H,4-6H2,1-2H3/b7-3+. The van der Waals surface area contributed by atoms with Crippen LogP contribution in [0.3, 0.4) is 0 Å². The van der Waals surface area contributed by atoms with Crippen LogP contribution in [0.2, 0.25) is 0 Å². The molecule has 1 fully saturated rings. The summed E-state index contributed by atoms with van der Waals surface area (Å²) < 4.78 is 10.7. The summed E-state index contributed by atoms with van der Waals surface area (Å²) in [4.78, 5) is 13.6. The molecule has 88 valence electrons. The lowest BCUT2D eigenvalue weighted by molar-refractivity contribution is -0.182. The van der Waals surface area contributed by atoms with E-state index in [0.29, 0.717) is 25.2 Å². The van der Waals surface area contributed by atoms with Gasteiger partial charge in [0.05, 0.1) is 19.3 Å². The van der Waals surface area contributed by atoms with Gasteiger partial charge in [-0.25, -0.2) is 0 Å². The maximum Gasteiger partial charge on any atom is 0.161 e. The van der Waals surface area contributed by atoms with Crippen molar-refractivity contribution in [2.24, 2.45) is 5.11 Å². The molecule has 0 aromatic carbocycles. The van der Waals surface area contributed by atoms with Crippen LogP contribution in [0.1, 0.15) is 20.3 Å². The second kappa shape index (κ2) is 6.27. The molecule has 0 N–H and O–H groups in total. The Kier molecular flexibility index (Phi) is 4.98. The third kappa shape index (κ3) is 4.02. The van der Waals surface area contributed by atoms with Crippen LogP contribution in [0.15, 0.2) is 16.8 Å². The molecule has 0 saturated carbocycles. The van der Waals surface area contributed by atoms with E-state index in [1.807, 2.05) is 0 Å². The zero-order valence-corrected chi connectivity index (χ0v) is 9.42. The van der Waals surface area contributed by atoms with Crippen molar-refractivity contribution >= 4 is 5.78 Å². The Balaban J connectivity index is 2.35. The first-order chi connectivity index (χ1) is 7.63. The Morgan fingerprint density at radius 2 is 2.12 bits per heavy atom. The van der Waals surface area contributed by atoms with Crippen LogP contribution in [-0.2, 0) is 14.3 Å². The largest absolute Gasteiger partial charge is 0.352 e. The molecule has 0 aliphatic carbocycles. The van der Waals surface area contributed by atoms with Crippen LogP contribution in [0.4, 0.5) is 0 Å². The van der Waals surface area contributed by atoms with E-state index in [2.05, 4.69) is 10.0 Å². The highest BCUT2D eigenvalue weighted by molar-refractivity contribution is 5.92. The first-order valence-electron chi connectivity index (χ1n) is 5.08. The maximum absolute atomic E-state index is 10.9. The van der Waals surface area contributed by atoms with Crippen LogP contribution in [0.5, 0.6) is 0 Å². The molecule has 16 heavy (non-hydrogen) atoms. The van der Waals surface area contributed by atoms with E-state index in [1.54, 1.807) is 13.0 Å². The highest BCUT2D eigenvalue weighted by Gasteiger charge is 2.20. The molecule has 1 rings (SSSR count). The molecule has 1 saturated heterocycles. The monoisotopic (exact) mass is 225 g/mol. The summed E-state index contributed by atoms with van der Waals surface area (Å²) >= 11 is 0. The van der Waals surface area contributed by atoms with Crippen LogP contribution in [0, 0.1) is 0 Å². The topological polar surface area (TPSA) is 84.3 Å². The van der Waals surface area contributed by atoms with Gasteiger partial charge in [0.15, 0.2) is 12.1 Å². The van der Waals surface area contributed by atoms with Gasteiger partial charge in [0.2, 0.25) is 0 Å². The smallest absolute Gasteiger partial charge is 0.161 e. The second-order valence-electron chi connectivity index (χ2n) is 3.63. The van der Waals surface area contributed by atoms with Gasteiger partial charge in [-0.1, -0.05) is 11.2 Å². The summed E-state index contributed by atoms with van der Waals surface area (Å²) in [5.74, 6) is 0.0442. The molecular weight excluding hydrogens is 210 g/mol. The predicted molar refractivity (Wildman–Crippen MR) is 57.7 cm³/mol. The van der Waals surface area contributed by atoms with E-state index in [4.69, 9.17) is 15.0 Å². The number of hydrogen-bond donors (Lipinski definition) is 0. The van der Waals surface area contributed by atoms with Crippen molar-refractivity contribution in [2.75, 3.05) is 13.2 Å². The number of Topliss-reactive ketones (excluding diaryl/α,β-unsaturated/α-hetero) is 1. The van der Waals surface area contributed by atoms with Crippen molar-refractivity contribution in [3.63, 3.8) is 0 Å².